The van der Waals surface area contributed by atoms with E-state index in [0.717, 1.165) is 180 Å². The van der Waals surface area contributed by atoms with Gasteiger partial charge in [-0.25, -0.2) is 9.13 Å². The molecule has 0 amide bonds. The Kier molecular flexibility index (Phi) is 70.4. The summed E-state index contributed by atoms with van der Waals surface area (Å²) in [5, 5.41) is 10.6. The van der Waals surface area contributed by atoms with Crippen LogP contribution in [0.5, 0.6) is 0 Å². The molecule has 17 nitrogen and oxygen atoms in total. The van der Waals surface area contributed by atoms with Crippen molar-refractivity contribution in [3.63, 3.8) is 0 Å². The molecule has 3 unspecified atom stereocenters. The van der Waals surface area contributed by atoms with Gasteiger partial charge in [0.05, 0.1) is 26.4 Å². The summed E-state index contributed by atoms with van der Waals surface area (Å²) >= 11 is 0. The van der Waals surface area contributed by atoms with Crippen LogP contribution in [0.15, 0.2) is 97.2 Å². The van der Waals surface area contributed by atoms with Crippen LogP contribution in [-0.2, 0) is 65.4 Å². The molecule has 3 N–H and O–H groups in total. The van der Waals surface area contributed by atoms with Gasteiger partial charge < -0.3 is 33.8 Å². The first kappa shape index (κ1) is 96.0. The molecule has 0 heterocycles. The van der Waals surface area contributed by atoms with Crippen molar-refractivity contribution in [3.05, 3.63) is 97.2 Å². The number of allylic oxidation sites excluding steroid dienone is 16. The van der Waals surface area contributed by atoms with Gasteiger partial charge in [0.1, 0.15) is 19.3 Å². The number of aliphatic hydroxyl groups excluding tert-OH is 1. The molecule has 100 heavy (non-hydrogen) atoms. The zero-order chi connectivity index (χ0) is 73.2. The first-order valence-corrected chi connectivity index (χ1v) is 42.5. The third kappa shape index (κ3) is 72.3. The number of hydrogen-bond acceptors (Lipinski definition) is 15. The van der Waals surface area contributed by atoms with Crippen LogP contribution in [0.4, 0.5) is 0 Å². The third-order valence-corrected chi connectivity index (χ3v) is 18.4. The molecule has 0 aliphatic carbocycles. The lowest BCUT2D eigenvalue weighted by atomic mass is 10.1. The Labute approximate surface area is 607 Å². The summed E-state index contributed by atoms with van der Waals surface area (Å²) in [5.41, 5.74) is 0. The van der Waals surface area contributed by atoms with Crippen molar-refractivity contribution in [2.75, 3.05) is 39.6 Å². The van der Waals surface area contributed by atoms with Crippen LogP contribution in [0.3, 0.4) is 0 Å². The van der Waals surface area contributed by atoms with Crippen molar-refractivity contribution in [3.8, 4) is 0 Å². The standard InChI is InChI=1S/C81H142O17P2/c1-5-9-13-17-21-25-29-33-37-41-45-49-53-57-61-65-78(83)91-71-76(97-80(85)67-63-59-55-51-47-43-39-35-31-27-23-19-15-11-7-3)73-95-99(87,88)93-69-75(82)70-94-100(89,90)96-74-77(98-81(86)68-64-60-56-52-48-44-40-36-32-28-24-20-16-12-8-4)72-92-79(84)66-62-58-54-50-46-42-38-34-30-26-22-18-14-10-6-2/h21-28,33-40,75-77,82H,5-20,29-32,41-74H2,1-4H3,(H,87,88)(H,89,90)/b25-21-,26-22-,27-23-,28-24+,37-33-,38-34+,39-35+,40-36+/t75?,76-,77+/m1/s1. The number of phosphoric ester groups is 2. The highest BCUT2D eigenvalue weighted by molar-refractivity contribution is 7.47. The van der Waals surface area contributed by atoms with Gasteiger partial charge in [0, 0.05) is 25.7 Å². The highest BCUT2D eigenvalue weighted by atomic mass is 31.2. The summed E-state index contributed by atoms with van der Waals surface area (Å²) in [7, 11) is -9.97. The SMILES string of the molecule is CCCCC/C=C\C/C=C\CCCCCCCC(=O)OC[C@H](COP(=O)(O)OCC(O)COP(=O)(O)OC[C@H](COC(=O)CCCCCCC/C=C/C/C=C\CCCCC)OC(=O)CCCCCCC/C=C/C/C=C/CCCCC)OC(=O)CCCCCCC/C=C/C/C=C\CCCCC. The van der Waals surface area contributed by atoms with Gasteiger partial charge in [-0.3, -0.25) is 37.3 Å². The van der Waals surface area contributed by atoms with E-state index < -0.39 is 97.5 Å². The number of aliphatic hydroxyl groups is 1. The molecule has 0 saturated carbocycles. The van der Waals surface area contributed by atoms with Gasteiger partial charge in [0.15, 0.2) is 12.2 Å². The quantitative estimate of drug-likeness (QED) is 0.0169. The molecule has 0 spiro atoms. The molecule has 0 rings (SSSR count). The van der Waals surface area contributed by atoms with Gasteiger partial charge in [0.25, 0.3) is 0 Å². The normalized spacial score (nSPS) is 14.4. The van der Waals surface area contributed by atoms with Crippen LogP contribution in [0.1, 0.15) is 336 Å². The molecular formula is C81H142O17P2. The molecule has 578 valence electrons. The fraction of sp³-hybridized carbons (Fsp3) is 0.753. The number of unbranched alkanes of at least 4 members (excludes halogenated alkanes) is 32. The van der Waals surface area contributed by atoms with Crippen LogP contribution in [-0.4, -0.2) is 96.7 Å². The average Bonchev–Trinajstić information content (AvgIpc) is 1.01. The molecule has 0 fully saturated rings. The molecule has 0 aliphatic rings. The summed E-state index contributed by atoms with van der Waals surface area (Å²) < 4.78 is 68.5. The zero-order valence-electron chi connectivity index (χ0n) is 63.1. The van der Waals surface area contributed by atoms with Gasteiger partial charge >= 0.3 is 39.5 Å². The topological polar surface area (TPSA) is 237 Å². The molecule has 0 saturated heterocycles. The Balaban J connectivity index is 5.40. The molecule has 0 aromatic carbocycles. The molecular weight excluding hydrogens is 1310 g/mol. The maximum Gasteiger partial charge on any atom is 0.472 e. The first-order valence-electron chi connectivity index (χ1n) is 39.5. The van der Waals surface area contributed by atoms with Gasteiger partial charge in [-0.1, -0.05) is 253 Å². The van der Waals surface area contributed by atoms with E-state index in [1.54, 1.807) is 0 Å². The van der Waals surface area contributed by atoms with Gasteiger partial charge in [0.2, 0.25) is 0 Å². The van der Waals surface area contributed by atoms with Crippen LogP contribution in [0.25, 0.3) is 0 Å². The van der Waals surface area contributed by atoms with E-state index in [1.165, 1.54) is 77.0 Å². The van der Waals surface area contributed by atoms with E-state index in [4.69, 9.17) is 37.0 Å². The minimum absolute atomic E-state index is 0.0756. The van der Waals surface area contributed by atoms with Crippen LogP contribution < -0.4 is 0 Å². The van der Waals surface area contributed by atoms with Crippen molar-refractivity contribution >= 4 is 39.5 Å². The second-order valence-electron chi connectivity index (χ2n) is 26.3. The first-order chi connectivity index (χ1) is 48.7. The summed E-state index contributed by atoms with van der Waals surface area (Å²) in [6.45, 7) is 4.74. The van der Waals surface area contributed by atoms with E-state index in [1.807, 2.05) is 0 Å². The largest absolute Gasteiger partial charge is 0.472 e. The fourth-order valence-electron chi connectivity index (χ4n) is 10.4. The van der Waals surface area contributed by atoms with Crippen LogP contribution in [0.2, 0.25) is 0 Å². The minimum atomic E-state index is -4.98. The maximum atomic E-state index is 13.1. The van der Waals surface area contributed by atoms with Crippen LogP contribution >= 0.6 is 15.6 Å². The second-order valence-corrected chi connectivity index (χ2v) is 29.2. The number of hydrogen-bond donors (Lipinski definition) is 3. The number of phosphoric acid groups is 2. The van der Waals surface area contributed by atoms with Crippen molar-refractivity contribution in [2.45, 2.75) is 354 Å². The lowest BCUT2D eigenvalue weighted by Gasteiger charge is -2.21. The van der Waals surface area contributed by atoms with E-state index in [-0.39, 0.29) is 25.7 Å². The molecule has 19 heteroatoms. The smallest absolute Gasteiger partial charge is 0.462 e. The zero-order valence-corrected chi connectivity index (χ0v) is 64.9. The third-order valence-electron chi connectivity index (χ3n) is 16.5. The summed E-state index contributed by atoms with van der Waals surface area (Å²) in [5.74, 6) is -2.22. The summed E-state index contributed by atoms with van der Waals surface area (Å²) in [6, 6.07) is 0. The molecule has 5 atom stereocenters. The summed E-state index contributed by atoms with van der Waals surface area (Å²) in [6.07, 6.45) is 76.6. The second kappa shape index (κ2) is 73.3. The lowest BCUT2D eigenvalue weighted by molar-refractivity contribution is -0.161. The average molecular weight is 1450 g/mol. The Morgan fingerprint density at radius 2 is 0.490 bits per heavy atom. The molecule has 0 bridgehead atoms. The number of carbonyl (C=O) groups is 4. The van der Waals surface area contributed by atoms with Crippen molar-refractivity contribution in [2.24, 2.45) is 0 Å². The molecule has 0 aromatic heterocycles. The van der Waals surface area contributed by atoms with Crippen molar-refractivity contribution in [1.29, 1.82) is 0 Å². The monoisotopic (exact) mass is 1450 g/mol. The van der Waals surface area contributed by atoms with Crippen molar-refractivity contribution in [1.82, 2.24) is 0 Å². The molecule has 0 aliphatic heterocycles. The Bertz CT molecular complexity index is 2120. The maximum absolute atomic E-state index is 13.1. The van der Waals surface area contributed by atoms with E-state index in [0.29, 0.717) is 25.7 Å². The van der Waals surface area contributed by atoms with E-state index in [9.17, 15) is 43.2 Å². The number of esters is 4. The summed E-state index contributed by atoms with van der Waals surface area (Å²) in [4.78, 5) is 72.9. The van der Waals surface area contributed by atoms with Crippen molar-refractivity contribution < 1.29 is 80.2 Å². The predicted molar refractivity (Wildman–Crippen MR) is 409 cm³/mol. The lowest BCUT2D eigenvalue weighted by Crippen LogP contribution is -2.30. The van der Waals surface area contributed by atoms with Gasteiger partial charge in [-0.05, 0) is 154 Å². The fourth-order valence-corrected chi connectivity index (χ4v) is 12.0. The number of rotatable bonds is 74. The highest BCUT2D eigenvalue weighted by Gasteiger charge is 2.30. The Morgan fingerprint density at radius 3 is 0.740 bits per heavy atom. The van der Waals surface area contributed by atoms with E-state index in [2.05, 4.69) is 125 Å². The predicted octanol–water partition coefficient (Wildman–Crippen LogP) is 22.8. The minimum Gasteiger partial charge on any atom is -0.462 e. The molecule has 0 aromatic rings. The number of carbonyl (C=O) groups excluding carboxylic acids is 4. The Morgan fingerprint density at radius 1 is 0.280 bits per heavy atom. The van der Waals surface area contributed by atoms with Gasteiger partial charge in [-0.15, -0.1) is 0 Å². The molecule has 0 radical (unpaired) electrons. The van der Waals surface area contributed by atoms with Crippen LogP contribution in [0, 0.1) is 0 Å². The number of ether oxygens (including phenoxy) is 4. The Hall–Kier alpha value is -4.02. The highest BCUT2D eigenvalue weighted by Crippen LogP contribution is 2.45. The van der Waals surface area contributed by atoms with Gasteiger partial charge in [-0.2, -0.15) is 0 Å². The van der Waals surface area contributed by atoms with E-state index >= 15 is 0 Å².